The van der Waals surface area contributed by atoms with Crippen LogP contribution in [0.1, 0.15) is 17.3 Å². The smallest absolute Gasteiger partial charge is 0.255 e. The lowest BCUT2D eigenvalue weighted by atomic mass is 10.1. The first-order valence-electron chi connectivity index (χ1n) is 7.39. The standard InChI is InChI=1S/C18H16N4O2/c1-12(23)21-15-7-5-13(6-8-15)18(24)22-16-4-2-3-14(9-16)17-10-19-11-20-17/h2-11H,1H3,(H,19,20)(H,21,23)(H,22,24). The Labute approximate surface area is 138 Å². The molecule has 2 amide bonds. The molecule has 3 N–H and O–H groups in total. The Bertz CT molecular complexity index is 855. The van der Waals surface area contributed by atoms with E-state index < -0.39 is 0 Å². The number of carbonyl (C=O) groups excluding carboxylic acids is 2. The number of hydrogen-bond donors (Lipinski definition) is 3. The van der Waals surface area contributed by atoms with Crippen LogP contribution in [0.15, 0.2) is 61.1 Å². The van der Waals surface area contributed by atoms with E-state index in [4.69, 9.17) is 0 Å². The van der Waals surface area contributed by atoms with Crippen molar-refractivity contribution >= 4 is 23.2 Å². The minimum absolute atomic E-state index is 0.150. The number of amides is 2. The van der Waals surface area contributed by atoms with E-state index in [0.29, 0.717) is 16.9 Å². The van der Waals surface area contributed by atoms with Crippen molar-refractivity contribution in [1.82, 2.24) is 9.97 Å². The molecule has 1 heterocycles. The van der Waals surface area contributed by atoms with Crippen molar-refractivity contribution in [1.29, 1.82) is 0 Å². The number of benzene rings is 2. The molecular formula is C18H16N4O2. The van der Waals surface area contributed by atoms with Gasteiger partial charge in [-0.15, -0.1) is 0 Å². The number of aromatic amines is 1. The Hall–Kier alpha value is -3.41. The summed E-state index contributed by atoms with van der Waals surface area (Å²) < 4.78 is 0. The van der Waals surface area contributed by atoms with E-state index in [1.807, 2.05) is 24.3 Å². The fraction of sp³-hybridized carbons (Fsp3) is 0.0556. The average molecular weight is 320 g/mol. The van der Waals surface area contributed by atoms with Gasteiger partial charge in [-0.05, 0) is 36.4 Å². The molecule has 0 radical (unpaired) electrons. The van der Waals surface area contributed by atoms with Crippen molar-refractivity contribution in [3.8, 4) is 11.3 Å². The van der Waals surface area contributed by atoms with Crippen molar-refractivity contribution < 1.29 is 9.59 Å². The third-order valence-corrected chi connectivity index (χ3v) is 3.40. The molecule has 1 aromatic heterocycles. The van der Waals surface area contributed by atoms with Crippen molar-refractivity contribution in [2.75, 3.05) is 10.6 Å². The zero-order chi connectivity index (χ0) is 16.9. The number of nitrogens with one attached hydrogen (secondary N) is 3. The van der Waals surface area contributed by atoms with Gasteiger partial charge in [0.1, 0.15) is 0 Å². The van der Waals surface area contributed by atoms with Crippen LogP contribution in [0.2, 0.25) is 0 Å². The Morgan fingerprint density at radius 1 is 1.00 bits per heavy atom. The fourth-order valence-corrected chi connectivity index (χ4v) is 2.29. The number of hydrogen-bond acceptors (Lipinski definition) is 3. The number of anilines is 2. The van der Waals surface area contributed by atoms with Crippen LogP contribution >= 0.6 is 0 Å². The highest BCUT2D eigenvalue weighted by Crippen LogP contribution is 2.21. The lowest BCUT2D eigenvalue weighted by Gasteiger charge is -2.08. The predicted molar refractivity (Wildman–Crippen MR) is 92.7 cm³/mol. The van der Waals surface area contributed by atoms with Crippen LogP contribution in [0.4, 0.5) is 11.4 Å². The fourth-order valence-electron chi connectivity index (χ4n) is 2.29. The molecule has 0 unspecified atom stereocenters. The monoisotopic (exact) mass is 320 g/mol. The highest BCUT2D eigenvalue weighted by atomic mass is 16.2. The number of aromatic nitrogens is 2. The van der Waals surface area contributed by atoms with Crippen LogP contribution < -0.4 is 10.6 Å². The van der Waals surface area contributed by atoms with Crippen LogP contribution in [-0.2, 0) is 4.79 Å². The molecule has 2 aromatic carbocycles. The van der Waals surface area contributed by atoms with Gasteiger partial charge in [0.15, 0.2) is 0 Å². The molecule has 0 aliphatic carbocycles. The molecule has 3 aromatic rings. The third-order valence-electron chi connectivity index (χ3n) is 3.40. The maximum absolute atomic E-state index is 12.3. The number of H-pyrrole nitrogens is 1. The van der Waals surface area contributed by atoms with Gasteiger partial charge in [0.25, 0.3) is 5.91 Å². The van der Waals surface area contributed by atoms with E-state index in [-0.39, 0.29) is 11.8 Å². The normalized spacial score (nSPS) is 10.2. The summed E-state index contributed by atoms with van der Waals surface area (Å²) in [6.45, 7) is 1.44. The van der Waals surface area contributed by atoms with Gasteiger partial charge in [0.2, 0.25) is 5.91 Å². The summed E-state index contributed by atoms with van der Waals surface area (Å²) in [5.41, 5.74) is 3.67. The van der Waals surface area contributed by atoms with Crippen molar-refractivity contribution in [3.63, 3.8) is 0 Å². The summed E-state index contributed by atoms with van der Waals surface area (Å²) in [6, 6.07) is 14.2. The van der Waals surface area contributed by atoms with Gasteiger partial charge < -0.3 is 15.6 Å². The zero-order valence-corrected chi connectivity index (χ0v) is 13.0. The molecule has 0 aliphatic rings. The first-order chi connectivity index (χ1) is 11.6. The number of carbonyl (C=O) groups is 2. The quantitative estimate of drug-likeness (QED) is 0.689. The summed E-state index contributed by atoms with van der Waals surface area (Å²) in [6.07, 6.45) is 3.33. The Kier molecular flexibility index (Phi) is 4.38. The molecule has 0 bridgehead atoms. The van der Waals surface area contributed by atoms with Crippen LogP contribution in [-0.4, -0.2) is 21.8 Å². The molecule has 120 valence electrons. The van der Waals surface area contributed by atoms with Crippen LogP contribution in [0.5, 0.6) is 0 Å². The second kappa shape index (κ2) is 6.78. The molecule has 0 aliphatic heterocycles. The van der Waals surface area contributed by atoms with Gasteiger partial charge in [-0.25, -0.2) is 4.98 Å². The second-order valence-electron chi connectivity index (χ2n) is 5.26. The molecule has 6 nitrogen and oxygen atoms in total. The van der Waals surface area contributed by atoms with Crippen molar-refractivity contribution in [2.45, 2.75) is 6.92 Å². The van der Waals surface area contributed by atoms with Gasteiger partial charge in [0.05, 0.1) is 18.2 Å². The largest absolute Gasteiger partial charge is 0.345 e. The van der Waals surface area contributed by atoms with Gasteiger partial charge in [-0.2, -0.15) is 0 Å². The van der Waals surface area contributed by atoms with E-state index in [1.165, 1.54) is 6.92 Å². The van der Waals surface area contributed by atoms with Gasteiger partial charge in [-0.1, -0.05) is 12.1 Å². The van der Waals surface area contributed by atoms with Gasteiger partial charge in [0, 0.05) is 29.4 Å². The summed E-state index contributed by atoms with van der Waals surface area (Å²) in [4.78, 5) is 30.4. The highest BCUT2D eigenvalue weighted by Gasteiger charge is 2.07. The lowest BCUT2D eigenvalue weighted by molar-refractivity contribution is -0.114. The van der Waals surface area contributed by atoms with Crippen molar-refractivity contribution in [3.05, 3.63) is 66.6 Å². The maximum atomic E-state index is 12.3. The van der Waals surface area contributed by atoms with E-state index in [2.05, 4.69) is 20.6 Å². The topological polar surface area (TPSA) is 86.9 Å². The number of imidazole rings is 1. The van der Waals surface area contributed by atoms with E-state index in [0.717, 1.165) is 11.3 Å². The molecule has 24 heavy (non-hydrogen) atoms. The van der Waals surface area contributed by atoms with Crippen LogP contribution in [0.3, 0.4) is 0 Å². The number of rotatable bonds is 4. The SMILES string of the molecule is CC(=O)Nc1ccc(C(=O)Nc2cccc(-c3cnc[nH]3)c2)cc1. The summed E-state index contributed by atoms with van der Waals surface area (Å²) in [7, 11) is 0. The van der Waals surface area contributed by atoms with Gasteiger partial charge >= 0.3 is 0 Å². The molecule has 0 saturated carbocycles. The van der Waals surface area contributed by atoms with Gasteiger partial charge in [-0.3, -0.25) is 9.59 Å². The Balaban J connectivity index is 1.73. The molecule has 0 saturated heterocycles. The first-order valence-corrected chi connectivity index (χ1v) is 7.39. The summed E-state index contributed by atoms with van der Waals surface area (Å²) in [5, 5.41) is 5.52. The lowest BCUT2D eigenvalue weighted by Crippen LogP contribution is -2.12. The molecule has 6 heteroatoms. The first kappa shape index (κ1) is 15.5. The third kappa shape index (κ3) is 3.67. The second-order valence-corrected chi connectivity index (χ2v) is 5.26. The molecule has 3 rings (SSSR count). The average Bonchev–Trinajstić information content (AvgIpc) is 3.10. The Morgan fingerprint density at radius 2 is 1.79 bits per heavy atom. The number of nitrogens with zero attached hydrogens (tertiary/aromatic N) is 1. The van der Waals surface area contributed by atoms with E-state index >= 15 is 0 Å². The summed E-state index contributed by atoms with van der Waals surface area (Å²) in [5.74, 6) is -0.367. The van der Waals surface area contributed by atoms with Crippen LogP contribution in [0, 0.1) is 0 Å². The summed E-state index contributed by atoms with van der Waals surface area (Å²) >= 11 is 0. The Morgan fingerprint density at radius 3 is 2.46 bits per heavy atom. The molecule has 0 fully saturated rings. The van der Waals surface area contributed by atoms with Crippen LogP contribution in [0.25, 0.3) is 11.3 Å². The van der Waals surface area contributed by atoms with Crippen molar-refractivity contribution in [2.24, 2.45) is 0 Å². The predicted octanol–water partition coefficient (Wildman–Crippen LogP) is 3.29. The minimum Gasteiger partial charge on any atom is -0.345 e. The molecule has 0 atom stereocenters. The highest BCUT2D eigenvalue weighted by molar-refractivity contribution is 6.04. The van der Waals surface area contributed by atoms with E-state index in [1.54, 1.807) is 36.8 Å². The minimum atomic E-state index is -0.217. The maximum Gasteiger partial charge on any atom is 0.255 e. The molecule has 0 spiro atoms. The van der Waals surface area contributed by atoms with E-state index in [9.17, 15) is 9.59 Å². The molecular weight excluding hydrogens is 304 g/mol. The zero-order valence-electron chi connectivity index (χ0n) is 13.0.